The van der Waals surface area contributed by atoms with Crippen molar-refractivity contribution in [1.82, 2.24) is 4.98 Å². The molecule has 0 aliphatic heterocycles. The summed E-state index contributed by atoms with van der Waals surface area (Å²) in [5, 5.41) is 9.07. The molecule has 1 aromatic rings. The van der Waals surface area contributed by atoms with Gasteiger partial charge in [0.15, 0.2) is 0 Å². The van der Waals surface area contributed by atoms with E-state index >= 15 is 0 Å². The van der Waals surface area contributed by atoms with E-state index in [1.54, 1.807) is 6.92 Å². The molecule has 0 aliphatic rings. The zero-order chi connectivity index (χ0) is 13.8. The van der Waals surface area contributed by atoms with E-state index in [0.29, 0.717) is 0 Å². The third-order valence-electron chi connectivity index (χ3n) is 2.92. The van der Waals surface area contributed by atoms with Gasteiger partial charge in [-0.05, 0) is 50.7 Å². The molecule has 0 amide bonds. The molecule has 0 saturated heterocycles. The minimum atomic E-state index is -0.239. The Kier molecular flexibility index (Phi) is 8.65. The molecule has 2 heteroatoms. The fourth-order valence-corrected chi connectivity index (χ4v) is 1.84. The first-order valence-corrected chi connectivity index (χ1v) is 7.17. The van der Waals surface area contributed by atoms with Gasteiger partial charge in [0.1, 0.15) is 0 Å². The number of aryl methyl sites for hydroxylation is 1. The Labute approximate surface area is 116 Å². The normalized spacial score (nSPS) is 13.4. The van der Waals surface area contributed by atoms with Crippen LogP contribution in [0, 0.1) is 0 Å². The summed E-state index contributed by atoms with van der Waals surface area (Å²) >= 11 is 0. The van der Waals surface area contributed by atoms with Crippen LogP contribution < -0.4 is 0 Å². The quantitative estimate of drug-likeness (QED) is 0.535. The molecule has 0 bridgehead atoms. The molecule has 1 N–H and O–H groups in total. The van der Waals surface area contributed by atoms with Crippen molar-refractivity contribution in [2.75, 3.05) is 0 Å². The van der Waals surface area contributed by atoms with Crippen molar-refractivity contribution in [2.45, 2.75) is 51.6 Å². The van der Waals surface area contributed by atoms with Crippen LogP contribution in [-0.2, 0) is 6.42 Å². The maximum absolute atomic E-state index is 9.07. The first kappa shape index (κ1) is 15.6. The molecule has 0 radical (unpaired) electrons. The summed E-state index contributed by atoms with van der Waals surface area (Å²) in [4.78, 5) is 4.12. The standard InChI is InChI=1S/C17H25NO/c1-16(19)11-8-6-4-2-3-5-7-9-12-17-13-10-14-18-15-17/h2,4,6,8,10,13-16,19H,3,5,7,9,11-12H2,1H3/b4-2+,8-6+. The largest absolute Gasteiger partial charge is 0.393 e. The molecule has 0 aromatic carbocycles. The van der Waals surface area contributed by atoms with E-state index in [4.69, 9.17) is 5.11 Å². The summed E-state index contributed by atoms with van der Waals surface area (Å²) in [5.41, 5.74) is 1.33. The van der Waals surface area contributed by atoms with Crippen LogP contribution in [-0.4, -0.2) is 16.2 Å². The lowest BCUT2D eigenvalue weighted by Gasteiger charge is -1.99. The molecule has 1 aromatic heterocycles. The number of rotatable bonds is 9. The Morgan fingerprint density at radius 2 is 2.05 bits per heavy atom. The third-order valence-corrected chi connectivity index (χ3v) is 2.92. The first-order valence-electron chi connectivity index (χ1n) is 7.17. The van der Waals surface area contributed by atoms with Gasteiger partial charge in [0.05, 0.1) is 6.10 Å². The summed E-state index contributed by atoms with van der Waals surface area (Å²) in [5.74, 6) is 0. The van der Waals surface area contributed by atoms with Crippen LogP contribution in [0.25, 0.3) is 0 Å². The van der Waals surface area contributed by atoms with Gasteiger partial charge in [0.25, 0.3) is 0 Å². The van der Waals surface area contributed by atoms with Gasteiger partial charge >= 0.3 is 0 Å². The maximum atomic E-state index is 9.07. The molecule has 0 aliphatic carbocycles. The van der Waals surface area contributed by atoms with Gasteiger partial charge < -0.3 is 5.11 Å². The van der Waals surface area contributed by atoms with Gasteiger partial charge in [-0.3, -0.25) is 4.98 Å². The fourth-order valence-electron chi connectivity index (χ4n) is 1.84. The molecular formula is C17H25NO. The number of unbranched alkanes of at least 4 members (excludes halogenated alkanes) is 3. The fraction of sp³-hybridized carbons (Fsp3) is 0.471. The Balaban J connectivity index is 1.96. The molecule has 0 saturated carbocycles. The van der Waals surface area contributed by atoms with Crippen molar-refractivity contribution in [3.05, 3.63) is 54.4 Å². The lowest BCUT2D eigenvalue weighted by molar-refractivity contribution is 0.198. The highest BCUT2D eigenvalue weighted by Gasteiger charge is 1.92. The van der Waals surface area contributed by atoms with Gasteiger partial charge in [-0.25, -0.2) is 0 Å². The van der Waals surface area contributed by atoms with Gasteiger partial charge in [-0.15, -0.1) is 0 Å². The van der Waals surface area contributed by atoms with Crippen LogP contribution in [0.2, 0.25) is 0 Å². The van der Waals surface area contributed by atoms with Crippen molar-refractivity contribution in [1.29, 1.82) is 0 Å². The average molecular weight is 259 g/mol. The minimum Gasteiger partial charge on any atom is -0.393 e. The lowest BCUT2D eigenvalue weighted by Crippen LogP contribution is -1.94. The lowest BCUT2D eigenvalue weighted by atomic mass is 10.1. The van der Waals surface area contributed by atoms with Crippen molar-refractivity contribution in [2.24, 2.45) is 0 Å². The van der Waals surface area contributed by atoms with E-state index in [1.807, 2.05) is 30.6 Å². The van der Waals surface area contributed by atoms with E-state index in [0.717, 1.165) is 19.3 Å². The van der Waals surface area contributed by atoms with E-state index < -0.39 is 0 Å². The van der Waals surface area contributed by atoms with Crippen molar-refractivity contribution in [3.8, 4) is 0 Å². The average Bonchev–Trinajstić information content (AvgIpc) is 2.42. The van der Waals surface area contributed by atoms with Crippen LogP contribution in [0.5, 0.6) is 0 Å². The second-order valence-electron chi connectivity index (χ2n) is 4.90. The highest BCUT2D eigenvalue weighted by atomic mass is 16.3. The molecule has 0 fully saturated rings. The highest BCUT2D eigenvalue weighted by molar-refractivity contribution is 5.08. The SMILES string of the molecule is CC(O)C/C=C/C=C/CCCCCc1cccnc1. The highest BCUT2D eigenvalue weighted by Crippen LogP contribution is 2.07. The van der Waals surface area contributed by atoms with Crippen LogP contribution in [0.15, 0.2) is 48.8 Å². The number of hydrogen-bond donors (Lipinski definition) is 1. The zero-order valence-corrected chi connectivity index (χ0v) is 11.8. The number of aromatic nitrogens is 1. The maximum Gasteiger partial charge on any atom is 0.0546 e. The second kappa shape index (κ2) is 10.5. The summed E-state index contributed by atoms with van der Waals surface area (Å²) in [7, 11) is 0. The molecule has 1 atom stereocenters. The predicted molar refractivity (Wildman–Crippen MR) is 81.0 cm³/mol. The molecule has 1 heterocycles. The van der Waals surface area contributed by atoms with Crippen LogP contribution in [0.3, 0.4) is 0 Å². The van der Waals surface area contributed by atoms with Crippen molar-refractivity contribution in [3.63, 3.8) is 0 Å². The van der Waals surface area contributed by atoms with Gasteiger partial charge in [0, 0.05) is 12.4 Å². The molecule has 104 valence electrons. The topological polar surface area (TPSA) is 33.1 Å². The number of hydrogen-bond acceptors (Lipinski definition) is 2. The van der Waals surface area contributed by atoms with E-state index in [1.165, 1.54) is 24.8 Å². The van der Waals surface area contributed by atoms with Crippen LogP contribution in [0.4, 0.5) is 0 Å². The van der Waals surface area contributed by atoms with E-state index in [-0.39, 0.29) is 6.10 Å². The predicted octanol–water partition coefficient (Wildman–Crippen LogP) is 4.07. The molecular weight excluding hydrogens is 234 g/mol. The number of allylic oxidation sites excluding steroid dienone is 3. The number of aliphatic hydroxyl groups is 1. The number of aliphatic hydroxyl groups excluding tert-OH is 1. The second-order valence-corrected chi connectivity index (χ2v) is 4.90. The molecule has 0 spiro atoms. The zero-order valence-electron chi connectivity index (χ0n) is 11.8. The summed E-state index contributed by atoms with van der Waals surface area (Å²) < 4.78 is 0. The first-order chi connectivity index (χ1) is 9.29. The van der Waals surface area contributed by atoms with Crippen molar-refractivity contribution < 1.29 is 5.11 Å². The van der Waals surface area contributed by atoms with Gasteiger partial charge in [0.2, 0.25) is 0 Å². The van der Waals surface area contributed by atoms with Crippen molar-refractivity contribution >= 4 is 0 Å². The Hall–Kier alpha value is -1.41. The number of pyridine rings is 1. The van der Waals surface area contributed by atoms with Gasteiger partial charge in [-0.2, -0.15) is 0 Å². The van der Waals surface area contributed by atoms with E-state index in [9.17, 15) is 0 Å². The van der Waals surface area contributed by atoms with E-state index in [2.05, 4.69) is 23.2 Å². The summed E-state index contributed by atoms with van der Waals surface area (Å²) in [6.07, 6.45) is 18.5. The van der Waals surface area contributed by atoms with Gasteiger partial charge in [-0.1, -0.05) is 36.8 Å². The van der Waals surface area contributed by atoms with Crippen LogP contribution >= 0.6 is 0 Å². The molecule has 2 nitrogen and oxygen atoms in total. The Bertz CT molecular complexity index is 368. The minimum absolute atomic E-state index is 0.239. The van der Waals surface area contributed by atoms with Crippen LogP contribution in [0.1, 0.15) is 44.6 Å². The Morgan fingerprint density at radius 1 is 1.21 bits per heavy atom. The molecule has 1 rings (SSSR count). The summed E-state index contributed by atoms with van der Waals surface area (Å²) in [6, 6.07) is 4.14. The third kappa shape index (κ3) is 9.20. The number of nitrogens with zero attached hydrogens (tertiary/aromatic N) is 1. The summed E-state index contributed by atoms with van der Waals surface area (Å²) in [6.45, 7) is 1.80. The monoisotopic (exact) mass is 259 g/mol. The molecule has 1 unspecified atom stereocenters. The Morgan fingerprint density at radius 3 is 2.79 bits per heavy atom. The molecule has 19 heavy (non-hydrogen) atoms. The smallest absolute Gasteiger partial charge is 0.0546 e.